The van der Waals surface area contributed by atoms with E-state index in [1.165, 1.54) is 17.3 Å². The highest BCUT2D eigenvalue weighted by Gasteiger charge is 2.05. The number of aromatic nitrogens is 4. The van der Waals surface area contributed by atoms with Crippen LogP contribution in [0.15, 0.2) is 66.0 Å². The zero-order valence-electron chi connectivity index (χ0n) is 13.0. The summed E-state index contributed by atoms with van der Waals surface area (Å²) in [5.74, 6) is 0.968. The van der Waals surface area contributed by atoms with Crippen molar-refractivity contribution in [3.63, 3.8) is 0 Å². The summed E-state index contributed by atoms with van der Waals surface area (Å²) in [6.07, 6.45) is 4.32. The second-order valence-corrected chi connectivity index (χ2v) is 6.05. The van der Waals surface area contributed by atoms with Crippen LogP contribution in [0.2, 0.25) is 0 Å². The Balaban J connectivity index is 1.41. The summed E-state index contributed by atoms with van der Waals surface area (Å²) in [6.45, 7) is 0.632. The third-order valence-electron chi connectivity index (χ3n) is 3.29. The second kappa shape index (κ2) is 8.26. The van der Waals surface area contributed by atoms with E-state index in [4.69, 9.17) is 0 Å². The van der Waals surface area contributed by atoms with Crippen LogP contribution in [0.5, 0.6) is 0 Å². The fraction of sp³-hybridized carbons (Fsp3) is 0.176. The molecule has 6 nitrogen and oxygen atoms in total. The van der Waals surface area contributed by atoms with Crippen molar-refractivity contribution in [1.82, 2.24) is 25.3 Å². The highest BCUT2D eigenvalue weighted by molar-refractivity contribution is 7.99. The topological polar surface area (TPSA) is 72.7 Å². The molecule has 0 radical (unpaired) electrons. The Bertz CT molecular complexity index is 759. The Hall–Kier alpha value is -2.67. The summed E-state index contributed by atoms with van der Waals surface area (Å²) in [6, 6.07) is 15.6. The van der Waals surface area contributed by atoms with Crippen molar-refractivity contribution >= 4 is 17.7 Å². The van der Waals surface area contributed by atoms with Crippen LogP contribution < -0.4 is 5.32 Å². The van der Waals surface area contributed by atoms with Gasteiger partial charge < -0.3 is 5.32 Å². The van der Waals surface area contributed by atoms with E-state index in [1.807, 2.05) is 36.4 Å². The molecule has 0 aliphatic carbocycles. The number of carbonyl (C=O) groups is 1. The fourth-order valence-corrected chi connectivity index (χ4v) is 2.74. The van der Waals surface area contributed by atoms with E-state index in [9.17, 15) is 4.79 Å². The Morgan fingerprint density at radius 3 is 2.67 bits per heavy atom. The third-order valence-corrected chi connectivity index (χ3v) is 4.21. The Labute approximate surface area is 144 Å². The van der Waals surface area contributed by atoms with Gasteiger partial charge in [-0.1, -0.05) is 42.1 Å². The number of benzene rings is 1. The minimum Gasteiger partial charge on any atom is -0.355 e. The van der Waals surface area contributed by atoms with E-state index < -0.39 is 0 Å². The van der Waals surface area contributed by atoms with Gasteiger partial charge in [0.05, 0.1) is 5.75 Å². The molecule has 0 fully saturated rings. The molecule has 2 aromatic heterocycles. The Morgan fingerprint density at radius 2 is 1.96 bits per heavy atom. The highest BCUT2D eigenvalue weighted by Crippen LogP contribution is 2.14. The average molecular weight is 339 g/mol. The number of amides is 1. The van der Waals surface area contributed by atoms with Gasteiger partial charge in [0.1, 0.15) is 5.03 Å². The van der Waals surface area contributed by atoms with Crippen molar-refractivity contribution in [2.75, 3.05) is 12.3 Å². The van der Waals surface area contributed by atoms with Crippen molar-refractivity contribution in [1.29, 1.82) is 0 Å². The van der Waals surface area contributed by atoms with Crippen LogP contribution in [0.1, 0.15) is 5.56 Å². The molecule has 0 aliphatic heterocycles. The molecule has 0 unspecified atom stereocenters. The number of rotatable bonds is 7. The molecule has 24 heavy (non-hydrogen) atoms. The van der Waals surface area contributed by atoms with Gasteiger partial charge in [0, 0.05) is 18.9 Å². The highest BCUT2D eigenvalue weighted by atomic mass is 32.2. The van der Waals surface area contributed by atoms with E-state index in [1.54, 1.807) is 17.1 Å². The summed E-state index contributed by atoms with van der Waals surface area (Å²) in [5, 5.41) is 15.9. The summed E-state index contributed by atoms with van der Waals surface area (Å²) in [5.41, 5.74) is 1.21. The van der Waals surface area contributed by atoms with E-state index in [-0.39, 0.29) is 5.91 Å². The maximum Gasteiger partial charge on any atom is 0.230 e. The van der Waals surface area contributed by atoms with E-state index in [0.717, 1.165) is 6.42 Å². The molecule has 7 heteroatoms. The van der Waals surface area contributed by atoms with Crippen molar-refractivity contribution in [2.45, 2.75) is 11.4 Å². The molecule has 0 aliphatic rings. The molecule has 1 amide bonds. The number of hydrogen-bond acceptors (Lipinski definition) is 5. The quantitative estimate of drug-likeness (QED) is 0.668. The molecule has 0 atom stereocenters. The first-order chi connectivity index (χ1) is 11.8. The molecule has 0 saturated carbocycles. The monoisotopic (exact) mass is 339 g/mol. The normalized spacial score (nSPS) is 10.5. The lowest BCUT2D eigenvalue weighted by atomic mass is 10.1. The van der Waals surface area contributed by atoms with E-state index >= 15 is 0 Å². The van der Waals surface area contributed by atoms with Gasteiger partial charge in [0.15, 0.2) is 5.82 Å². The standard InChI is InChI=1S/C17H17N5OS/c23-16(18-11-9-14-5-2-1-3-6-14)13-24-17-8-7-15(20-21-17)22-12-4-10-19-22/h1-8,10,12H,9,11,13H2,(H,18,23). The van der Waals surface area contributed by atoms with Crippen LogP contribution >= 0.6 is 11.8 Å². The number of nitrogens with one attached hydrogen (secondary N) is 1. The number of carbonyl (C=O) groups excluding carboxylic acids is 1. The number of thioether (sulfide) groups is 1. The molecular weight excluding hydrogens is 322 g/mol. The molecule has 3 aromatic rings. The molecule has 0 saturated heterocycles. The largest absolute Gasteiger partial charge is 0.355 e. The second-order valence-electron chi connectivity index (χ2n) is 5.05. The van der Waals surface area contributed by atoms with Crippen LogP contribution in [-0.2, 0) is 11.2 Å². The SMILES string of the molecule is O=C(CSc1ccc(-n2cccn2)nn1)NCCc1ccccc1. The van der Waals surface area contributed by atoms with Gasteiger partial charge in [-0.05, 0) is 30.2 Å². The van der Waals surface area contributed by atoms with Crippen LogP contribution in [0, 0.1) is 0 Å². The first-order valence-electron chi connectivity index (χ1n) is 7.58. The van der Waals surface area contributed by atoms with Gasteiger partial charge in [-0.3, -0.25) is 4.79 Å². The van der Waals surface area contributed by atoms with Gasteiger partial charge >= 0.3 is 0 Å². The molecule has 122 valence electrons. The first-order valence-corrected chi connectivity index (χ1v) is 8.57. The maximum absolute atomic E-state index is 11.9. The fourth-order valence-electron chi connectivity index (χ4n) is 2.10. The Morgan fingerprint density at radius 1 is 1.08 bits per heavy atom. The summed E-state index contributed by atoms with van der Waals surface area (Å²) in [7, 11) is 0. The predicted octanol–water partition coefficient (Wildman–Crippen LogP) is 2.11. The van der Waals surface area contributed by atoms with Crippen LogP contribution in [0.4, 0.5) is 0 Å². The first kappa shape index (κ1) is 16.2. The van der Waals surface area contributed by atoms with Crippen molar-refractivity contribution in [3.05, 3.63) is 66.5 Å². The molecule has 1 N–H and O–H groups in total. The summed E-state index contributed by atoms with van der Waals surface area (Å²) >= 11 is 1.37. The molecule has 2 heterocycles. The minimum atomic E-state index is -0.00566. The van der Waals surface area contributed by atoms with Gasteiger partial charge in [-0.25, -0.2) is 4.68 Å². The molecule has 0 bridgehead atoms. The van der Waals surface area contributed by atoms with Crippen molar-refractivity contribution < 1.29 is 4.79 Å². The zero-order valence-corrected chi connectivity index (χ0v) is 13.8. The van der Waals surface area contributed by atoms with E-state index in [0.29, 0.717) is 23.1 Å². The third kappa shape index (κ3) is 4.66. The van der Waals surface area contributed by atoms with Gasteiger partial charge in [0.2, 0.25) is 5.91 Å². The molecule has 1 aromatic carbocycles. The maximum atomic E-state index is 11.9. The van der Waals surface area contributed by atoms with Gasteiger partial charge in [-0.2, -0.15) is 5.10 Å². The van der Waals surface area contributed by atoms with Gasteiger partial charge in [-0.15, -0.1) is 10.2 Å². The minimum absolute atomic E-state index is 0.00566. The molecular formula is C17H17N5OS. The smallest absolute Gasteiger partial charge is 0.230 e. The summed E-state index contributed by atoms with van der Waals surface area (Å²) in [4.78, 5) is 11.9. The van der Waals surface area contributed by atoms with E-state index in [2.05, 4.69) is 32.7 Å². The van der Waals surface area contributed by atoms with Crippen LogP contribution in [-0.4, -0.2) is 38.2 Å². The van der Waals surface area contributed by atoms with Crippen LogP contribution in [0.3, 0.4) is 0 Å². The van der Waals surface area contributed by atoms with Crippen molar-refractivity contribution in [3.8, 4) is 5.82 Å². The van der Waals surface area contributed by atoms with Gasteiger partial charge in [0.25, 0.3) is 0 Å². The average Bonchev–Trinajstić information content (AvgIpc) is 3.16. The summed E-state index contributed by atoms with van der Waals surface area (Å²) < 4.78 is 1.64. The van der Waals surface area contributed by atoms with Crippen LogP contribution in [0.25, 0.3) is 5.82 Å². The number of nitrogens with zero attached hydrogens (tertiary/aromatic N) is 4. The number of hydrogen-bond donors (Lipinski definition) is 1. The lowest BCUT2D eigenvalue weighted by molar-refractivity contribution is -0.118. The molecule has 0 spiro atoms. The lowest BCUT2D eigenvalue weighted by Crippen LogP contribution is -2.27. The zero-order chi connectivity index (χ0) is 16.6. The Kier molecular flexibility index (Phi) is 5.57. The predicted molar refractivity (Wildman–Crippen MR) is 93.0 cm³/mol. The van der Waals surface area contributed by atoms with Crippen molar-refractivity contribution in [2.24, 2.45) is 0 Å². The molecule has 3 rings (SSSR count). The lowest BCUT2D eigenvalue weighted by Gasteiger charge is -2.05.